The van der Waals surface area contributed by atoms with E-state index in [0.29, 0.717) is 5.92 Å². The fourth-order valence-corrected chi connectivity index (χ4v) is 2.03. The summed E-state index contributed by atoms with van der Waals surface area (Å²) in [5.41, 5.74) is 1.09. The lowest BCUT2D eigenvalue weighted by Crippen LogP contribution is -2.04. The van der Waals surface area contributed by atoms with E-state index in [2.05, 4.69) is 22.6 Å². The highest BCUT2D eigenvalue weighted by molar-refractivity contribution is 7.13. The van der Waals surface area contributed by atoms with Gasteiger partial charge < -0.3 is 5.32 Å². The number of aromatic nitrogens is 1. The van der Waals surface area contributed by atoms with E-state index >= 15 is 0 Å². The van der Waals surface area contributed by atoms with Gasteiger partial charge in [0.1, 0.15) is 0 Å². The number of nitrogens with zero attached hydrogens (tertiary/aromatic N) is 1. The van der Waals surface area contributed by atoms with Crippen LogP contribution in [-0.4, -0.2) is 17.4 Å². The van der Waals surface area contributed by atoms with Crippen LogP contribution in [0.2, 0.25) is 0 Å². The number of hydrogen-bond donors (Lipinski definition) is 1. The first-order valence-electron chi connectivity index (χ1n) is 4.94. The Hall–Kier alpha value is -0.280. The van der Waals surface area contributed by atoms with E-state index in [-0.39, 0.29) is 0 Å². The number of anilines is 1. The van der Waals surface area contributed by atoms with Crippen LogP contribution in [0.1, 0.15) is 25.5 Å². The number of hydrogen-bond acceptors (Lipinski definition) is 3. The van der Waals surface area contributed by atoms with E-state index < -0.39 is 0 Å². The van der Waals surface area contributed by atoms with E-state index in [4.69, 9.17) is 11.6 Å². The molecule has 1 heterocycles. The van der Waals surface area contributed by atoms with Gasteiger partial charge in [-0.3, -0.25) is 0 Å². The molecule has 0 aliphatic rings. The normalized spacial score (nSPS) is 12.8. The molecule has 0 aromatic carbocycles. The zero-order valence-corrected chi connectivity index (χ0v) is 10.3. The van der Waals surface area contributed by atoms with Crippen molar-refractivity contribution in [3.8, 4) is 0 Å². The maximum absolute atomic E-state index is 5.72. The fraction of sp³-hybridized carbons (Fsp3) is 0.700. The number of nitrogens with one attached hydrogen (secondary N) is 1. The van der Waals surface area contributed by atoms with Crippen molar-refractivity contribution in [2.24, 2.45) is 5.92 Å². The van der Waals surface area contributed by atoms with E-state index in [1.54, 1.807) is 11.3 Å². The van der Waals surface area contributed by atoms with Gasteiger partial charge in [-0.05, 0) is 25.7 Å². The molecule has 0 aliphatic heterocycles. The highest BCUT2D eigenvalue weighted by Gasteiger charge is 2.00. The number of thiazole rings is 1. The van der Waals surface area contributed by atoms with Crippen molar-refractivity contribution in [3.05, 3.63) is 11.1 Å². The maximum Gasteiger partial charge on any atom is 0.182 e. The Kier molecular flexibility index (Phi) is 5.26. The van der Waals surface area contributed by atoms with E-state index in [0.717, 1.165) is 29.7 Å². The van der Waals surface area contributed by atoms with Gasteiger partial charge in [0.05, 0.1) is 5.69 Å². The Morgan fingerprint density at radius 3 is 3.00 bits per heavy atom. The minimum Gasteiger partial charge on any atom is -0.362 e. The third-order valence-electron chi connectivity index (χ3n) is 2.03. The summed E-state index contributed by atoms with van der Waals surface area (Å²) < 4.78 is 0. The monoisotopic (exact) mass is 232 g/mol. The standard InChI is InChI=1S/C10H17ClN2S/c1-8(6-11)4-3-5-12-10-13-9(2)7-14-10/h7-8H,3-6H2,1-2H3,(H,12,13). The van der Waals surface area contributed by atoms with E-state index in [9.17, 15) is 0 Å². The molecule has 1 aromatic heterocycles. The van der Waals surface area contributed by atoms with Crippen LogP contribution in [0.4, 0.5) is 5.13 Å². The summed E-state index contributed by atoms with van der Waals surface area (Å²) in [6.07, 6.45) is 2.34. The molecule has 2 nitrogen and oxygen atoms in total. The smallest absolute Gasteiger partial charge is 0.182 e. The summed E-state index contributed by atoms with van der Waals surface area (Å²) in [7, 11) is 0. The van der Waals surface area contributed by atoms with Crippen molar-refractivity contribution in [2.75, 3.05) is 17.7 Å². The molecule has 0 bridgehead atoms. The number of aryl methyl sites for hydroxylation is 1. The number of rotatable bonds is 6. The molecule has 0 amide bonds. The number of alkyl halides is 1. The first-order valence-corrected chi connectivity index (χ1v) is 6.35. The predicted octanol–water partition coefficient (Wildman–Crippen LogP) is 3.52. The molecule has 1 atom stereocenters. The Labute approximate surface area is 94.7 Å². The average Bonchev–Trinajstić information content (AvgIpc) is 2.58. The van der Waals surface area contributed by atoms with Gasteiger partial charge in [-0.2, -0.15) is 0 Å². The molecule has 80 valence electrons. The largest absolute Gasteiger partial charge is 0.362 e. The van der Waals surface area contributed by atoms with Gasteiger partial charge in [0.15, 0.2) is 5.13 Å². The van der Waals surface area contributed by atoms with Gasteiger partial charge in [0, 0.05) is 17.8 Å². The first kappa shape index (κ1) is 11.8. The minimum absolute atomic E-state index is 0.622. The van der Waals surface area contributed by atoms with Crippen molar-refractivity contribution in [1.29, 1.82) is 0 Å². The van der Waals surface area contributed by atoms with Crippen LogP contribution in [0.25, 0.3) is 0 Å². The summed E-state index contributed by atoms with van der Waals surface area (Å²) in [6, 6.07) is 0. The molecule has 1 aromatic rings. The van der Waals surface area contributed by atoms with Crippen LogP contribution in [0, 0.1) is 12.8 Å². The molecule has 14 heavy (non-hydrogen) atoms. The van der Waals surface area contributed by atoms with Crippen molar-refractivity contribution in [1.82, 2.24) is 4.98 Å². The first-order chi connectivity index (χ1) is 6.72. The van der Waals surface area contributed by atoms with Crippen LogP contribution >= 0.6 is 22.9 Å². The third-order valence-corrected chi connectivity index (χ3v) is 3.48. The zero-order valence-electron chi connectivity index (χ0n) is 8.72. The SMILES string of the molecule is Cc1csc(NCCCC(C)CCl)n1. The van der Waals surface area contributed by atoms with Gasteiger partial charge >= 0.3 is 0 Å². The van der Waals surface area contributed by atoms with Crippen LogP contribution in [0.15, 0.2) is 5.38 Å². The van der Waals surface area contributed by atoms with E-state index in [1.807, 2.05) is 6.92 Å². The lowest BCUT2D eigenvalue weighted by Gasteiger charge is -2.06. The molecule has 1 N–H and O–H groups in total. The van der Waals surface area contributed by atoms with Crippen molar-refractivity contribution in [3.63, 3.8) is 0 Å². The molecular weight excluding hydrogens is 216 g/mol. The summed E-state index contributed by atoms with van der Waals surface area (Å²) in [5.74, 6) is 1.38. The van der Waals surface area contributed by atoms with Crippen molar-refractivity contribution >= 4 is 28.1 Å². The summed E-state index contributed by atoms with van der Waals surface area (Å²) >= 11 is 7.39. The lowest BCUT2D eigenvalue weighted by molar-refractivity contribution is 0.572. The highest BCUT2D eigenvalue weighted by Crippen LogP contribution is 2.14. The van der Waals surface area contributed by atoms with Gasteiger partial charge in [0.25, 0.3) is 0 Å². The van der Waals surface area contributed by atoms with Gasteiger partial charge in [-0.25, -0.2) is 4.98 Å². The van der Waals surface area contributed by atoms with Gasteiger partial charge in [0.2, 0.25) is 0 Å². The molecule has 4 heteroatoms. The molecule has 0 radical (unpaired) electrons. The van der Waals surface area contributed by atoms with Crippen molar-refractivity contribution in [2.45, 2.75) is 26.7 Å². The highest BCUT2D eigenvalue weighted by atomic mass is 35.5. The lowest BCUT2D eigenvalue weighted by atomic mass is 10.1. The van der Waals surface area contributed by atoms with E-state index in [1.165, 1.54) is 6.42 Å². The van der Waals surface area contributed by atoms with Crippen LogP contribution in [-0.2, 0) is 0 Å². The summed E-state index contributed by atoms with van der Waals surface area (Å²) in [6.45, 7) is 5.19. The average molecular weight is 233 g/mol. The van der Waals surface area contributed by atoms with Crippen LogP contribution in [0.5, 0.6) is 0 Å². The van der Waals surface area contributed by atoms with Crippen molar-refractivity contribution < 1.29 is 0 Å². The quantitative estimate of drug-likeness (QED) is 0.600. The molecule has 0 spiro atoms. The maximum atomic E-state index is 5.72. The Bertz CT molecular complexity index is 262. The second-order valence-corrected chi connectivity index (χ2v) is 4.79. The fourth-order valence-electron chi connectivity index (χ4n) is 1.16. The molecule has 1 unspecified atom stereocenters. The molecule has 0 aliphatic carbocycles. The molecule has 0 fully saturated rings. The predicted molar refractivity (Wildman–Crippen MR) is 64.5 cm³/mol. The second kappa shape index (κ2) is 6.25. The Morgan fingerprint density at radius 1 is 1.64 bits per heavy atom. The summed E-state index contributed by atoms with van der Waals surface area (Å²) in [5, 5.41) is 6.40. The summed E-state index contributed by atoms with van der Waals surface area (Å²) in [4.78, 5) is 4.33. The van der Waals surface area contributed by atoms with Crippen LogP contribution < -0.4 is 5.32 Å². The Balaban J connectivity index is 2.10. The molecule has 0 saturated carbocycles. The van der Waals surface area contributed by atoms with Crippen LogP contribution in [0.3, 0.4) is 0 Å². The second-order valence-electron chi connectivity index (χ2n) is 3.62. The number of halogens is 1. The minimum atomic E-state index is 0.622. The molecular formula is C10H17ClN2S. The molecule has 0 saturated heterocycles. The Morgan fingerprint density at radius 2 is 2.43 bits per heavy atom. The topological polar surface area (TPSA) is 24.9 Å². The zero-order chi connectivity index (χ0) is 10.4. The third kappa shape index (κ3) is 4.29. The van der Waals surface area contributed by atoms with Gasteiger partial charge in [-0.1, -0.05) is 6.92 Å². The molecule has 1 rings (SSSR count). The van der Waals surface area contributed by atoms with Gasteiger partial charge in [-0.15, -0.1) is 22.9 Å².